The molecule has 0 aromatic carbocycles. The number of hydrogen-bond donors (Lipinski definition) is 1. The largest absolute Gasteiger partial charge is 0.379 e. The van der Waals surface area contributed by atoms with Gasteiger partial charge in [0, 0.05) is 26.4 Å². The molecule has 1 amide bonds. The number of carbonyl (C=O) groups excluding carboxylic acids is 1. The van der Waals surface area contributed by atoms with Crippen LogP contribution in [0.1, 0.15) is 61.3 Å². The van der Waals surface area contributed by atoms with Gasteiger partial charge in [-0.15, -0.1) is 0 Å². The van der Waals surface area contributed by atoms with E-state index in [9.17, 15) is 4.79 Å². The third-order valence-corrected chi connectivity index (χ3v) is 3.86. The molecule has 0 aliphatic carbocycles. The summed E-state index contributed by atoms with van der Waals surface area (Å²) in [6.45, 7) is 18.3. The summed E-state index contributed by atoms with van der Waals surface area (Å²) in [7, 11) is 0. The highest BCUT2D eigenvalue weighted by Gasteiger charge is 2.34. The smallest absolute Gasteiger partial charge is 0.246 e. The van der Waals surface area contributed by atoms with Gasteiger partial charge in [-0.3, -0.25) is 4.79 Å². The third-order valence-electron chi connectivity index (χ3n) is 3.86. The Morgan fingerprint density at radius 2 is 1.32 bits per heavy atom. The summed E-state index contributed by atoms with van der Waals surface area (Å²) < 4.78 is 23.1. The Kier molecular flexibility index (Phi) is 15.7. The molecule has 0 aromatic rings. The van der Waals surface area contributed by atoms with Gasteiger partial charge in [-0.2, -0.15) is 0 Å². The molecule has 0 saturated carbocycles. The average molecular weight is 404 g/mol. The van der Waals surface area contributed by atoms with Crippen molar-refractivity contribution < 1.29 is 23.7 Å². The van der Waals surface area contributed by atoms with Crippen LogP contribution >= 0.6 is 0 Å². The SMILES string of the molecule is CCCOCC(COCC(C)C)(COCC(C)C)NC(=O)COCCC(C)C. The maximum atomic E-state index is 12.5. The van der Waals surface area contributed by atoms with Crippen LogP contribution in [0.4, 0.5) is 0 Å². The first-order valence-electron chi connectivity index (χ1n) is 10.8. The zero-order valence-electron chi connectivity index (χ0n) is 19.3. The molecular formula is C22H45NO5. The standard InChI is InChI=1S/C22H45NO5/c1-8-10-26-15-22(16-27-12-19(4)5,17-28-13-20(6)7)23-21(24)14-25-11-9-18(2)3/h18-20H,8-17H2,1-7H3,(H,23,24). The van der Waals surface area contributed by atoms with Crippen LogP contribution in [-0.2, 0) is 23.7 Å². The van der Waals surface area contributed by atoms with Crippen LogP contribution in [0, 0.1) is 17.8 Å². The van der Waals surface area contributed by atoms with Gasteiger partial charge in [0.15, 0.2) is 0 Å². The summed E-state index contributed by atoms with van der Waals surface area (Å²) >= 11 is 0. The average Bonchev–Trinajstić information content (AvgIpc) is 2.58. The van der Waals surface area contributed by atoms with Crippen molar-refractivity contribution in [2.75, 3.05) is 52.9 Å². The van der Waals surface area contributed by atoms with Gasteiger partial charge in [0.2, 0.25) is 5.91 Å². The second-order valence-corrected chi connectivity index (χ2v) is 8.93. The lowest BCUT2D eigenvalue weighted by Crippen LogP contribution is -2.59. The molecule has 168 valence electrons. The quantitative estimate of drug-likeness (QED) is 0.354. The number of carbonyl (C=O) groups is 1. The highest BCUT2D eigenvalue weighted by Crippen LogP contribution is 2.12. The van der Waals surface area contributed by atoms with Gasteiger partial charge < -0.3 is 24.3 Å². The van der Waals surface area contributed by atoms with Crippen LogP contribution in [0.5, 0.6) is 0 Å². The zero-order chi connectivity index (χ0) is 21.4. The van der Waals surface area contributed by atoms with E-state index in [1.807, 2.05) is 0 Å². The van der Waals surface area contributed by atoms with Gasteiger partial charge in [-0.05, 0) is 30.6 Å². The molecule has 0 atom stereocenters. The van der Waals surface area contributed by atoms with E-state index in [1.54, 1.807) is 0 Å². The van der Waals surface area contributed by atoms with E-state index in [1.165, 1.54) is 0 Å². The Morgan fingerprint density at radius 1 is 0.786 bits per heavy atom. The van der Waals surface area contributed by atoms with Crippen molar-refractivity contribution in [2.24, 2.45) is 17.8 Å². The normalized spacial score (nSPS) is 12.4. The maximum Gasteiger partial charge on any atom is 0.246 e. The second kappa shape index (κ2) is 16.1. The van der Waals surface area contributed by atoms with Gasteiger partial charge in [0.1, 0.15) is 12.1 Å². The molecule has 0 bridgehead atoms. The summed E-state index contributed by atoms with van der Waals surface area (Å²) in [6.07, 6.45) is 1.86. The minimum absolute atomic E-state index is 0.0383. The van der Waals surface area contributed by atoms with Gasteiger partial charge in [-0.25, -0.2) is 0 Å². The summed E-state index contributed by atoms with van der Waals surface area (Å²) in [6, 6.07) is 0. The fraction of sp³-hybridized carbons (Fsp3) is 0.955. The predicted molar refractivity (Wildman–Crippen MR) is 114 cm³/mol. The molecule has 0 saturated heterocycles. The Balaban J connectivity index is 4.93. The number of rotatable bonds is 18. The van der Waals surface area contributed by atoms with Crippen LogP contribution in [0.2, 0.25) is 0 Å². The number of ether oxygens (including phenoxy) is 4. The van der Waals surface area contributed by atoms with E-state index in [2.05, 4.69) is 53.8 Å². The van der Waals surface area contributed by atoms with E-state index in [4.69, 9.17) is 18.9 Å². The van der Waals surface area contributed by atoms with E-state index in [0.717, 1.165) is 12.8 Å². The third kappa shape index (κ3) is 15.3. The summed E-state index contributed by atoms with van der Waals surface area (Å²) in [5.41, 5.74) is -0.711. The van der Waals surface area contributed by atoms with Gasteiger partial charge in [0.25, 0.3) is 0 Å². The van der Waals surface area contributed by atoms with Crippen LogP contribution < -0.4 is 5.32 Å². The first-order chi connectivity index (χ1) is 13.2. The zero-order valence-corrected chi connectivity index (χ0v) is 19.3. The van der Waals surface area contributed by atoms with E-state index >= 15 is 0 Å². The molecule has 0 heterocycles. The van der Waals surface area contributed by atoms with Crippen molar-refractivity contribution in [2.45, 2.75) is 66.8 Å². The first-order valence-corrected chi connectivity index (χ1v) is 10.8. The second-order valence-electron chi connectivity index (χ2n) is 8.93. The highest BCUT2D eigenvalue weighted by atomic mass is 16.5. The monoisotopic (exact) mass is 403 g/mol. The van der Waals surface area contributed by atoms with Crippen LogP contribution in [0.15, 0.2) is 0 Å². The van der Waals surface area contributed by atoms with Gasteiger partial charge >= 0.3 is 0 Å². The Bertz CT molecular complexity index is 371. The van der Waals surface area contributed by atoms with Crippen LogP contribution in [-0.4, -0.2) is 64.3 Å². The molecule has 0 unspecified atom stereocenters. The topological polar surface area (TPSA) is 66.0 Å². The van der Waals surface area contributed by atoms with Crippen LogP contribution in [0.25, 0.3) is 0 Å². The van der Waals surface area contributed by atoms with E-state index in [-0.39, 0.29) is 12.5 Å². The molecule has 0 fully saturated rings. The minimum atomic E-state index is -0.711. The van der Waals surface area contributed by atoms with Crippen LogP contribution in [0.3, 0.4) is 0 Å². The van der Waals surface area contributed by atoms with Gasteiger partial charge in [-0.1, -0.05) is 48.5 Å². The fourth-order valence-corrected chi connectivity index (χ4v) is 2.44. The number of hydrogen-bond acceptors (Lipinski definition) is 5. The summed E-state index contributed by atoms with van der Waals surface area (Å²) in [5.74, 6) is 1.23. The molecule has 0 spiro atoms. The van der Waals surface area contributed by atoms with Crippen molar-refractivity contribution in [1.82, 2.24) is 5.32 Å². The lowest BCUT2D eigenvalue weighted by atomic mass is 10.0. The molecule has 0 aromatic heterocycles. The Hall–Kier alpha value is -0.690. The molecule has 0 aliphatic heterocycles. The lowest BCUT2D eigenvalue weighted by molar-refractivity contribution is -0.132. The Morgan fingerprint density at radius 3 is 1.79 bits per heavy atom. The predicted octanol–water partition coefficient (Wildman–Crippen LogP) is 3.68. The molecule has 0 radical (unpaired) electrons. The minimum Gasteiger partial charge on any atom is -0.379 e. The lowest BCUT2D eigenvalue weighted by Gasteiger charge is -2.34. The first kappa shape index (κ1) is 27.3. The van der Waals surface area contributed by atoms with E-state index < -0.39 is 5.54 Å². The summed E-state index contributed by atoms with van der Waals surface area (Å²) in [5, 5.41) is 3.09. The van der Waals surface area contributed by atoms with E-state index in [0.29, 0.717) is 64.0 Å². The fourth-order valence-electron chi connectivity index (χ4n) is 2.44. The molecular weight excluding hydrogens is 358 g/mol. The Labute approximate surface area is 173 Å². The summed E-state index contributed by atoms with van der Waals surface area (Å²) in [4.78, 5) is 12.5. The molecule has 6 heteroatoms. The maximum absolute atomic E-state index is 12.5. The van der Waals surface area contributed by atoms with Gasteiger partial charge in [0.05, 0.1) is 19.8 Å². The van der Waals surface area contributed by atoms with Crippen molar-refractivity contribution in [3.05, 3.63) is 0 Å². The molecule has 0 aliphatic rings. The molecule has 1 N–H and O–H groups in total. The number of amides is 1. The van der Waals surface area contributed by atoms with Crippen molar-refractivity contribution in [3.63, 3.8) is 0 Å². The van der Waals surface area contributed by atoms with Crippen molar-refractivity contribution in [1.29, 1.82) is 0 Å². The molecule has 6 nitrogen and oxygen atoms in total. The highest BCUT2D eigenvalue weighted by molar-refractivity contribution is 5.78. The van der Waals surface area contributed by atoms with Crippen molar-refractivity contribution >= 4 is 5.91 Å². The molecule has 0 rings (SSSR count). The number of nitrogens with one attached hydrogen (secondary N) is 1. The van der Waals surface area contributed by atoms with Crippen molar-refractivity contribution in [3.8, 4) is 0 Å². The molecule has 28 heavy (non-hydrogen) atoms.